The molecule has 2 fully saturated rings. The number of likely N-dealkylation sites (N-methyl/N-ethyl adjacent to an activating group) is 1. The van der Waals surface area contributed by atoms with Crippen LogP contribution in [0.25, 0.3) is 0 Å². The van der Waals surface area contributed by atoms with Gasteiger partial charge in [0.1, 0.15) is 11.5 Å². The van der Waals surface area contributed by atoms with E-state index < -0.39 is 0 Å². The molecular weight excluding hydrogens is 266 g/mol. The molecule has 0 aromatic carbocycles. The van der Waals surface area contributed by atoms with Gasteiger partial charge in [0.15, 0.2) is 0 Å². The topological polar surface area (TPSA) is 48.7 Å². The second-order valence-electron chi connectivity index (χ2n) is 6.40. The predicted molar refractivity (Wildman–Crippen MR) is 81.0 cm³/mol. The van der Waals surface area contributed by atoms with Crippen molar-refractivity contribution >= 4 is 5.91 Å². The average molecular weight is 291 g/mol. The lowest BCUT2D eigenvalue weighted by atomic mass is 10.3. The molecular formula is C16H25N3O2. The van der Waals surface area contributed by atoms with E-state index in [2.05, 4.69) is 23.2 Å². The number of furan rings is 1. The van der Waals surface area contributed by atoms with Crippen molar-refractivity contribution in [3.63, 3.8) is 0 Å². The molecule has 1 aliphatic heterocycles. The van der Waals surface area contributed by atoms with Crippen LogP contribution < -0.4 is 5.32 Å². The predicted octanol–water partition coefficient (Wildman–Crippen LogP) is 1.27. The number of carbonyl (C=O) groups is 1. The lowest BCUT2D eigenvalue weighted by molar-refractivity contribution is -0.132. The van der Waals surface area contributed by atoms with Crippen molar-refractivity contribution in [3.05, 3.63) is 23.7 Å². The van der Waals surface area contributed by atoms with Crippen LogP contribution in [0.5, 0.6) is 0 Å². The Labute approximate surface area is 126 Å². The molecule has 1 amide bonds. The van der Waals surface area contributed by atoms with E-state index in [0.717, 1.165) is 43.6 Å². The molecule has 5 nitrogen and oxygen atoms in total. The highest BCUT2D eigenvalue weighted by atomic mass is 16.3. The van der Waals surface area contributed by atoms with E-state index in [-0.39, 0.29) is 5.91 Å². The number of nitrogens with one attached hydrogen (secondary N) is 1. The lowest BCUT2D eigenvalue weighted by Crippen LogP contribution is -2.47. The quantitative estimate of drug-likeness (QED) is 0.887. The Bertz CT molecular complexity index is 493. The number of carbonyl (C=O) groups excluding carboxylic acids is 1. The first-order valence-electron chi connectivity index (χ1n) is 7.89. The van der Waals surface area contributed by atoms with Crippen LogP contribution in [0, 0.1) is 5.92 Å². The third-order valence-electron chi connectivity index (χ3n) is 4.54. The van der Waals surface area contributed by atoms with Crippen LogP contribution in [0.15, 0.2) is 16.5 Å². The molecule has 2 atom stereocenters. The van der Waals surface area contributed by atoms with Crippen molar-refractivity contribution in [1.29, 1.82) is 0 Å². The van der Waals surface area contributed by atoms with Gasteiger partial charge in [-0.3, -0.25) is 9.69 Å². The molecule has 1 aromatic rings. The summed E-state index contributed by atoms with van der Waals surface area (Å²) in [4.78, 5) is 16.2. The van der Waals surface area contributed by atoms with Crippen molar-refractivity contribution in [2.75, 3.05) is 39.8 Å². The number of nitrogens with zero attached hydrogens (tertiary/aromatic N) is 2. The van der Waals surface area contributed by atoms with Crippen LogP contribution in [0.4, 0.5) is 0 Å². The van der Waals surface area contributed by atoms with Gasteiger partial charge in [-0.15, -0.1) is 0 Å². The van der Waals surface area contributed by atoms with Gasteiger partial charge in [0.25, 0.3) is 0 Å². The SMILES string of the molecule is CC1CC1c1ccc(CN(C)C(=O)CN2CCNCC2)o1. The summed E-state index contributed by atoms with van der Waals surface area (Å²) in [6.07, 6.45) is 1.23. The highest BCUT2D eigenvalue weighted by Gasteiger charge is 2.36. The molecule has 2 aliphatic rings. The molecule has 5 heteroatoms. The van der Waals surface area contributed by atoms with Crippen LogP contribution in [-0.2, 0) is 11.3 Å². The third-order valence-corrected chi connectivity index (χ3v) is 4.54. The zero-order valence-corrected chi connectivity index (χ0v) is 13.0. The Kier molecular flexibility index (Phi) is 4.31. The Morgan fingerprint density at radius 3 is 2.81 bits per heavy atom. The molecule has 1 N–H and O–H groups in total. The zero-order valence-electron chi connectivity index (χ0n) is 13.0. The molecule has 21 heavy (non-hydrogen) atoms. The first-order chi connectivity index (χ1) is 10.1. The third kappa shape index (κ3) is 3.66. The number of hydrogen-bond acceptors (Lipinski definition) is 4. The summed E-state index contributed by atoms with van der Waals surface area (Å²) in [5, 5.41) is 3.30. The van der Waals surface area contributed by atoms with Crippen molar-refractivity contribution < 1.29 is 9.21 Å². The Hall–Kier alpha value is -1.33. The molecule has 116 valence electrons. The number of rotatable bonds is 5. The maximum Gasteiger partial charge on any atom is 0.236 e. The Morgan fingerprint density at radius 1 is 1.43 bits per heavy atom. The molecule has 2 heterocycles. The van der Waals surface area contributed by atoms with Gasteiger partial charge in [-0.2, -0.15) is 0 Å². The van der Waals surface area contributed by atoms with E-state index in [4.69, 9.17) is 4.42 Å². The summed E-state index contributed by atoms with van der Waals surface area (Å²) in [6, 6.07) is 4.08. The van der Waals surface area contributed by atoms with Crippen molar-refractivity contribution in [1.82, 2.24) is 15.1 Å². The van der Waals surface area contributed by atoms with Gasteiger partial charge in [-0.1, -0.05) is 6.92 Å². The van der Waals surface area contributed by atoms with E-state index >= 15 is 0 Å². The van der Waals surface area contributed by atoms with Gasteiger partial charge in [-0.05, 0) is 24.5 Å². The first-order valence-corrected chi connectivity index (χ1v) is 7.89. The van der Waals surface area contributed by atoms with Gasteiger partial charge in [0, 0.05) is 39.1 Å². The summed E-state index contributed by atoms with van der Waals surface area (Å²) < 4.78 is 5.87. The molecule has 1 aromatic heterocycles. The van der Waals surface area contributed by atoms with Gasteiger partial charge >= 0.3 is 0 Å². The molecule has 0 bridgehead atoms. The molecule has 2 unspecified atom stereocenters. The summed E-state index contributed by atoms with van der Waals surface area (Å²) >= 11 is 0. The molecule has 1 saturated heterocycles. The second-order valence-corrected chi connectivity index (χ2v) is 6.40. The normalized spacial score (nSPS) is 25.8. The minimum absolute atomic E-state index is 0.162. The standard InChI is InChI=1S/C16H25N3O2/c1-12-9-14(12)15-4-3-13(21-15)10-18(2)16(20)11-19-7-5-17-6-8-19/h3-4,12,14,17H,5-11H2,1-2H3. The summed E-state index contributed by atoms with van der Waals surface area (Å²) in [5.74, 6) is 3.48. The molecule has 0 spiro atoms. The minimum atomic E-state index is 0.162. The minimum Gasteiger partial charge on any atom is -0.464 e. The summed E-state index contributed by atoms with van der Waals surface area (Å²) in [5.41, 5.74) is 0. The van der Waals surface area contributed by atoms with Gasteiger partial charge in [0.2, 0.25) is 5.91 Å². The fourth-order valence-corrected chi connectivity index (χ4v) is 2.90. The fourth-order valence-electron chi connectivity index (χ4n) is 2.90. The first kappa shape index (κ1) is 14.6. The van der Waals surface area contributed by atoms with E-state index in [1.165, 1.54) is 6.42 Å². The van der Waals surface area contributed by atoms with Crippen LogP contribution >= 0.6 is 0 Å². The molecule has 3 rings (SSSR count). The van der Waals surface area contributed by atoms with Crippen LogP contribution in [0.3, 0.4) is 0 Å². The monoisotopic (exact) mass is 291 g/mol. The highest BCUT2D eigenvalue weighted by molar-refractivity contribution is 5.77. The molecule has 1 saturated carbocycles. The second kappa shape index (κ2) is 6.20. The van der Waals surface area contributed by atoms with Gasteiger partial charge in [0.05, 0.1) is 13.1 Å². The summed E-state index contributed by atoms with van der Waals surface area (Å²) in [6.45, 7) is 7.15. The van der Waals surface area contributed by atoms with Crippen LogP contribution in [0.2, 0.25) is 0 Å². The fraction of sp³-hybridized carbons (Fsp3) is 0.688. The molecule has 0 radical (unpaired) electrons. The van der Waals surface area contributed by atoms with E-state index in [1.54, 1.807) is 4.90 Å². The summed E-state index contributed by atoms with van der Waals surface area (Å²) in [7, 11) is 1.85. The van der Waals surface area contributed by atoms with E-state index in [1.807, 2.05) is 13.1 Å². The largest absolute Gasteiger partial charge is 0.464 e. The zero-order chi connectivity index (χ0) is 14.8. The van der Waals surface area contributed by atoms with Gasteiger partial charge < -0.3 is 14.6 Å². The van der Waals surface area contributed by atoms with Gasteiger partial charge in [-0.25, -0.2) is 0 Å². The van der Waals surface area contributed by atoms with Crippen molar-refractivity contribution in [2.24, 2.45) is 5.92 Å². The molecule has 1 aliphatic carbocycles. The van der Waals surface area contributed by atoms with Crippen molar-refractivity contribution in [3.8, 4) is 0 Å². The van der Waals surface area contributed by atoms with Crippen LogP contribution in [-0.4, -0.2) is 55.5 Å². The Balaban J connectivity index is 1.49. The highest BCUT2D eigenvalue weighted by Crippen LogP contribution is 2.47. The smallest absolute Gasteiger partial charge is 0.236 e. The number of hydrogen-bond donors (Lipinski definition) is 1. The lowest BCUT2D eigenvalue weighted by Gasteiger charge is -2.28. The maximum atomic E-state index is 12.2. The van der Waals surface area contributed by atoms with Crippen molar-refractivity contribution in [2.45, 2.75) is 25.8 Å². The van der Waals surface area contributed by atoms with Crippen LogP contribution in [0.1, 0.15) is 30.8 Å². The maximum absolute atomic E-state index is 12.2. The average Bonchev–Trinajstić information content (AvgIpc) is 3.03. The van der Waals surface area contributed by atoms with E-state index in [9.17, 15) is 4.79 Å². The number of amides is 1. The number of piperazine rings is 1. The van der Waals surface area contributed by atoms with E-state index in [0.29, 0.717) is 19.0 Å². The Morgan fingerprint density at radius 2 is 2.14 bits per heavy atom.